The van der Waals surface area contributed by atoms with Gasteiger partial charge in [-0.1, -0.05) is 44.1 Å². The molecule has 1 aromatic heterocycles. The smallest absolute Gasteiger partial charge is 0.276 e. The highest BCUT2D eigenvalue weighted by Crippen LogP contribution is 2.38. The second kappa shape index (κ2) is 7.02. The average molecular weight is 367 g/mol. The summed E-state index contributed by atoms with van der Waals surface area (Å²) in [7, 11) is 0. The van der Waals surface area contributed by atoms with Gasteiger partial charge in [-0.25, -0.2) is 0 Å². The molecule has 0 unspecified atom stereocenters. The minimum atomic E-state index is 0.0299. The second-order valence-electron chi connectivity index (χ2n) is 8.85. The SMILES string of the molecule is CC(C)(C)[C@H]1CCc2onc(C(=O)N3CCN(c4ccccc4)CC3)c2C1. The van der Waals surface area contributed by atoms with Gasteiger partial charge in [-0.15, -0.1) is 0 Å². The van der Waals surface area contributed by atoms with E-state index in [9.17, 15) is 4.79 Å². The van der Waals surface area contributed by atoms with E-state index >= 15 is 0 Å². The Bertz CT molecular complexity index is 799. The molecule has 0 spiro atoms. The molecule has 1 aliphatic heterocycles. The van der Waals surface area contributed by atoms with Crippen LogP contribution in [-0.2, 0) is 12.8 Å². The Hall–Kier alpha value is -2.30. The molecule has 5 heteroatoms. The summed E-state index contributed by atoms with van der Waals surface area (Å²) in [6, 6.07) is 10.4. The zero-order valence-electron chi connectivity index (χ0n) is 16.6. The van der Waals surface area contributed by atoms with Crippen LogP contribution >= 0.6 is 0 Å². The van der Waals surface area contributed by atoms with E-state index in [0.717, 1.165) is 56.8 Å². The molecule has 5 nitrogen and oxygen atoms in total. The number of rotatable bonds is 2. The first-order valence-electron chi connectivity index (χ1n) is 10.00. The summed E-state index contributed by atoms with van der Waals surface area (Å²) >= 11 is 0. The summed E-state index contributed by atoms with van der Waals surface area (Å²) in [5.41, 5.74) is 3.05. The predicted octanol–water partition coefficient (Wildman–Crippen LogP) is 3.79. The number of aromatic nitrogens is 1. The average Bonchev–Trinajstić information content (AvgIpc) is 3.11. The van der Waals surface area contributed by atoms with E-state index in [0.29, 0.717) is 11.6 Å². The predicted molar refractivity (Wildman–Crippen MR) is 106 cm³/mol. The largest absolute Gasteiger partial charge is 0.368 e. The molecular formula is C22H29N3O2. The molecule has 2 aromatic rings. The third-order valence-electron chi connectivity index (χ3n) is 6.16. The number of amides is 1. The minimum Gasteiger partial charge on any atom is -0.368 e. The standard InChI is InChI=1S/C22H29N3O2/c1-22(2,3)16-9-10-19-18(15-16)20(23-27-19)21(26)25-13-11-24(12-14-25)17-7-5-4-6-8-17/h4-8,16H,9-15H2,1-3H3/t16-/m0/s1. The van der Waals surface area contributed by atoms with Gasteiger partial charge in [-0.3, -0.25) is 4.79 Å². The number of anilines is 1. The van der Waals surface area contributed by atoms with Gasteiger partial charge in [0.25, 0.3) is 5.91 Å². The molecule has 1 amide bonds. The van der Waals surface area contributed by atoms with Crippen molar-refractivity contribution in [1.82, 2.24) is 10.1 Å². The van der Waals surface area contributed by atoms with E-state index in [4.69, 9.17) is 4.52 Å². The number of piperazine rings is 1. The van der Waals surface area contributed by atoms with Crippen molar-refractivity contribution in [2.75, 3.05) is 31.1 Å². The van der Waals surface area contributed by atoms with Crippen molar-refractivity contribution in [3.8, 4) is 0 Å². The lowest BCUT2D eigenvalue weighted by Gasteiger charge is -2.36. The molecule has 1 atom stereocenters. The van der Waals surface area contributed by atoms with Crippen molar-refractivity contribution in [2.45, 2.75) is 40.0 Å². The highest BCUT2D eigenvalue weighted by atomic mass is 16.5. The molecule has 0 saturated carbocycles. The fraction of sp³-hybridized carbons (Fsp3) is 0.545. The quantitative estimate of drug-likeness (QED) is 0.810. The highest BCUT2D eigenvalue weighted by Gasteiger charge is 2.35. The first-order valence-corrected chi connectivity index (χ1v) is 10.00. The maximum absolute atomic E-state index is 13.1. The Morgan fingerprint density at radius 3 is 2.48 bits per heavy atom. The number of para-hydroxylation sites is 1. The van der Waals surface area contributed by atoms with Gasteiger partial charge < -0.3 is 14.3 Å². The fourth-order valence-electron chi connectivity index (χ4n) is 4.27. The van der Waals surface area contributed by atoms with Gasteiger partial charge in [-0.2, -0.15) is 0 Å². The summed E-state index contributed by atoms with van der Waals surface area (Å²) in [4.78, 5) is 17.4. The number of fused-ring (bicyclic) bond motifs is 1. The van der Waals surface area contributed by atoms with E-state index in [-0.39, 0.29) is 11.3 Å². The summed E-state index contributed by atoms with van der Waals surface area (Å²) < 4.78 is 5.54. The summed E-state index contributed by atoms with van der Waals surface area (Å²) in [6.45, 7) is 9.97. The molecule has 2 heterocycles. The summed E-state index contributed by atoms with van der Waals surface area (Å²) in [6.07, 6.45) is 2.89. The zero-order chi connectivity index (χ0) is 19.0. The van der Waals surface area contributed by atoms with Crippen molar-refractivity contribution in [1.29, 1.82) is 0 Å². The third kappa shape index (κ3) is 3.60. The number of benzene rings is 1. The van der Waals surface area contributed by atoms with Crippen molar-refractivity contribution >= 4 is 11.6 Å². The lowest BCUT2D eigenvalue weighted by atomic mass is 9.71. The minimum absolute atomic E-state index is 0.0299. The van der Waals surface area contributed by atoms with E-state index in [1.165, 1.54) is 5.69 Å². The molecule has 4 rings (SSSR count). The molecule has 1 aliphatic carbocycles. The van der Waals surface area contributed by atoms with Crippen molar-refractivity contribution in [3.05, 3.63) is 47.3 Å². The van der Waals surface area contributed by atoms with Crippen molar-refractivity contribution in [3.63, 3.8) is 0 Å². The third-order valence-corrected chi connectivity index (χ3v) is 6.16. The van der Waals surface area contributed by atoms with Crippen LogP contribution in [0.25, 0.3) is 0 Å². The van der Waals surface area contributed by atoms with E-state index < -0.39 is 0 Å². The van der Waals surface area contributed by atoms with Crippen LogP contribution < -0.4 is 4.90 Å². The summed E-state index contributed by atoms with van der Waals surface area (Å²) in [5.74, 6) is 1.51. The molecule has 2 aliphatic rings. The normalized spacial score (nSPS) is 20.5. The molecule has 0 radical (unpaired) electrons. The monoisotopic (exact) mass is 367 g/mol. The van der Waals surface area contributed by atoms with Gasteiger partial charge >= 0.3 is 0 Å². The lowest BCUT2D eigenvalue weighted by molar-refractivity contribution is 0.0734. The molecule has 1 aromatic carbocycles. The van der Waals surface area contributed by atoms with Crippen LogP contribution in [0, 0.1) is 11.3 Å². The highest BCUT2D eigenvalue weighted by molar-refractivity contribution is 5.94. The van der Waals surface area contributed by atoms with Gasteiger partial charge in [0.05, 0.1) is 0 Å². The zero-order valence-corrected chi connectivity index (χ0v) is 16.6. The van der Waals surface area contributed by atoms with Crippen molar-refractivity contribution in [2.24, 2.45) is 11.3 Å². The first-order chi connectivity index (χ1) is 12.9. The second-order valence-corrected chi connectivity index (χ2v) is 8.85. The number of hydrogen-bond acceptors (Lipinski definition) is 4. The molecular weight excluding hydrogens is 338 g/mol. The molecule has 1 saturated heterocycles. The molecule has 0 N–H and O–H groups in total. The van der Waals surface area contributed by atoms with Crippen LogP contribution in [0.2, 0.25) is 0 Å². The number of nitrogens with zero attached hydrogens (tertiary/aromatic N) is 3. The summed E-state index contributed by atoms with van der Waals surface area (Å²) in [5, 5.41) is 4.19. The van der Waals surface area contributed by atoms with Crippen LogP contribution in [0.15, 0.2) is 34.9 Å². The van der Waals surface area contributed by atoms with Gasteiger partial charge in [0.1, 0.15) is 5.76 Å². The van der Waals surface area contributed by atoms with Gasteiger partial charge in [0.2, 0.25) is 0 Å². The van der Waals surface area contributed by atoms with Crippen LogP contribution in [0.5, 0.6) is 0 Å². The van der Waals surface area contributed by atoms with E-state index in [1.807, 2.05) is 11.0 Å². The molecule has 1 fully saturated rings. The Kier molecular flexibility index (Phi) is 4.70. The lowest BCUT2D eigenvalue weighted by Crippen LogP contribution is -2.49. The van der Waals surface area contributed by atoms with Crippen LogP contribution in [-0.4, -0.2) is 42.1 Å². The maximum atomic E-state index is 13.1. The fourth-order valence-corrected chi connectivity index (χ4v) is 4.27. The Labute approximate surface area is 161 Å². The van der Waals surface area contributed by atoms with Crippen LogP contribution in [0.4, 0.5) is 5.69 Å². The molecule has 0 bridgehead atoms. The number of hydrogen-bond donors (Lipinski definition) is 0. The number of carbonyl (C=O) groups is 1. The molecule has 27 heavy (non-hydrogen) atoms. The number of carbonyl (C=O) groups excluding carboxylic acids is 1. The Morgan fingerprint density at radius 1 is 1.11 bits per heavy atom. The van der Waals surface area contributed by atoms with Crippen molar-refractivity contribution < 1.29 is 9.32 Å². The van der Waals surface area contributed by atoms with Gasteiger partial charge in [-0.05, 0) is 36.3 Å². The van der Waals surface area contributed by atoms with E-state index in [2.05, 4.69) is 55.1 Å². The van der Waals surface area contributed by atoms with E-state index in [1.54, 1.807) is 0 Å². The molecule has 144 valence electrons. The van der Waals surface area contributed by atoms with Gasteiger partial charge in [0, 0.05) is 43.9 Å². The topological polar surface area (TPSA) is 49.6 Å². The Balaban J connectivity index is 1.45. The first kappa shape index (κ1) is 18.1. The maximum Gasteiger partial charge on any atom is 0.276 e. The Morgan fingerprint density at radius 2 is 1.81 bits per heavy atom. The van der Waals surface area contributed by atoms with Gasteiger partial charge in [0.15, 0.2) is 5.69 Å². The van der Waals surface area contributed by atoms with Crippen LogP contribution in [0.3, 0.4) is 0 Å². The number of aryl methyl sites for hydroxylation is 1. The van der Waals surface area contributed by atoms with Crippen LogP contribution in [0.1, 0.15) is 49.0 Å².